The normalized spacial score (nSPS) is 12.8. The molecule has 0 aliphatic heterocycles. The van der Waals surface area contributed by atoms with Gasteiger partial charge in [0.2, 0.25) is 0 Å². The summed E-state index contributed by atoms with van der Waals surface area (Å²) in [6.45, 7) is 8.13. The summed E-state index contributed by atoms with van der Waals surface area (Å²) in [5, 5.41) is 8.00. The van der Waals surface area contributed by atoms with Crippen LogP contribution in [0.3, 0.4) is 0 Å². The van der Waals surface area contributed by atoms with Gasteiger partial charge in [0.1, 0.15) is 5.82 Å². The predicted octanol–water partition coefficient (Wildman–Crippen LogP) is 3.54. The van der Waals surface area contributed by atoms with Crippen molar-refractivity contribution in [1.82, 2.24) is 15.1 Å². The first-order chi connectivity index (χ1) is 10.1. The topological polar surface area (TPSA) is 29.9 Å². The van der Waals surface area contributed by atoms with Crippen LogP contribution in [0.4, 0.5) is 4.39 Å². The quantitative estimate of drug-likeness (QED) is 0.845. The van der Waals surface area contributed by atoms with E-state index in [1.54, 1.807) is 0 Å². The molecule has 0 spiro atoms. The second kappa shape index (κ2) is 7.36. The summed E-state index contributed by atoms with van der Waals surface area (Å²) >= 11 is 0. The van der Waals surface area contributed by atoms with E-state index in [1.807, 2.05) is 23.0 Å². The Morgan fingerprint density at radius 3 is 2.48 bits per heavy atom. The highest BCUT2D eigenvalue weighted by atomic mass is 19.1. The number of likely N-dealkylation sites (N-methyl/N-ethyl adjacent to an activating group) is 1. The highest BCUT2D eigenvalue weighted by molar-refractivity contribution is 5.22. The molecule has 2 aromatic rings. The fraction of sp³-hybridized carbons (Fsp3) is 0.471. The monoisotopic (exact) mass is 289 g/mol. The predicted molar refractivity (Wildman–Crippen MR) is 84.0 cm³/mol. The van der Waals surface area contributed by atoms with Crippen LogP contribution in [0, 0.1) is 5.82 Å². The van der Waals surface area contributed by atoms with Crippen molar-refractivity contribution in [1.29, 1.82) is 0 Å². The number of hydrogen-bond acceptors (Lipinski definition) is 2. The zero-order valence-corrected chi connectivity index (χ0v) is 13.0. The molecule has 1 heterocycles. The van der Waals surface area contributed by atoms with Crippen LogP contribution in [-0.2, 0) is 6.42 Å². The molecule has 1 N–H and O–H groups in total. The first-order valence-electron chi connectivity index (χ1n) is 7.60. The second-order valence-corrected chi connectivity index (χ2v) is 5.64. The molecule has 0 radical (unpaired) electrons. The lowest BCUT2D eigenvalue weighted by Crippen LogP contribution is -2.23. The molecule has 0 bridgehead atoms. The van der Waals surface area contributed by atoms with Gasteiger partial charge in [-0.1, -0.05) is 19.1 Å². The number of nitrogens with one attached hydrogen (secondary N) is 1. The van der Waals surface area contributed by atoms with Crippen LogP contribution >= 0.6 is 0 Å². The van der Waals surface area contributed by atoms with E-state index in [2.05, 4.69) is 37.3 Å². The van der Waals surface area contributed by atoms with Crippen LogP contribution in [0.5, 0.6) is 0 Å². The highest BCUT2D eigenvalue weighted by Gasteiger charge is 2.14. The molecule has 0 aliphatic rings. The van der Waals surface area contributed by atoms with Gasteiger partial charge in [0, 0.05) is 24.7 Å². The molecule has 2 rings (SSSR count). The number of hydrogen-bond donors (Lipinski definition) is 1. The largest absolute Gasteiger partial charge is 0.316 e. The molecular weight excluding hydrogens is 265 g/mol. The first kappa shape index (κ1) is 15.7. The van der Waals surface area contributed by atoms with Crippen LogP contribution < -0.4 is 5.32 Å². The Bertz CT molecular complexity index is 545. The van der Waals surface area contributed by atoms with Gasteiger partial charge in [0.25, 0.3) is 0 Å². The molecule has 0 saturated heterocycles. The Kier molecular flexibility index (Phi) is 5.51. The average Bonchev–Trinajstić information content (AvgIpc) is 2.93. The molecule has 3 nitrogen and oxygen atoms in total. The fourth-order valence-electron chi connectivity index (χ4n) is 2.39. The standard InChI is InChI=1S/C17H24FN3/c1-4-19-12-15(14-5-7-16(18)8-6-14)11-17-9-10-21(20-17)13(2)3/h5-10,13,15,19H,4,11-12H2,1-3H3. The SMILES string of the molecule is CCNCC(Cc1ccn(C(C)C)n1)c1ccc(F)cc1. The average molecular weight is 289 g/mol. The van der Waals surface area contributed by atoms with Gasteiger partial charge in [0.15, 0.2) is 0 Å². The molecule has 114 valence electrons. The molecule has 1 aromatic carbocycles. The summed E-state index contributed by atoms with van der Waals surface area (Å²) in [5.41, 5.74) is 2.23. The van der Waals surface area contributed by atoms with Gasteiger partial charge < -0.3 is 5.32 Å². The van der Waals surface area contributed by atoms with Crippen molar-refractivity contribution in [2.24, 2.45) is 0 Å². The number of benzene rings is 1. The van der Waals surface area contributed by atoms with Crippen LogP contribution in [0.25, 0.3) is 0 Å². The molecular formula is C17H24FN3. The van der Waals surface area contributed by atoms with E-state index >= 15 is 0 Å². The third-order valence-electron chi connectivity index (χ3n) is 3.63. The molecule has 1 unspecified atom stereocenters. The summed E-state index contributed by atoms with van der Waals surface area (Å²) in [4.78, 5) is 0. The zero-order chi connectivity index (χ0) is 15.2. The van der Waals surface area contributed by atoms with Crippen LogP contribution in [0.15, 0.2) is 36.5 Å². The summed E-state index contributed by atoms with van der Waals surface area (Å²) < 4.78 is 15.1. The summed E-state index contributed by atoms with van der Waals surface area (Å²) in [7, 11) is 0. The Balaban J connectivity index is 2.13. The molecule has 0 amide bonds. The number of aromatic nitrogens is 2. The van der Waals surface area contributed by atoms with Gasteiger partial charge in [-0.2, -0.15) is 5.10 Å². The summed E-state index contributed by atoms with van der Waals surface area (Å²) in [5.74, 6) is 0.117. The van der Waals surface area contributed by atoms with Crippen molar-refractivity contribution >= 4 is 0 Å². The van der Waals surface area contributed by atoms with Gasteiger partial charge >= 0.3 is 0 Å². The van der Waals surface area contributed by atoms with Crippen molar-refractivity contribution in [2.45, 2.75) is 39.2 Å². The third kappa shape index (κ3) is 4.39. The minimum absolute atomic E-state index is 0.190. The van der Waals surface area contributed by atoms with Gasteiger partial charge in [0.05, 0.1) is 5.69 Å². The number of rotatable bonds is 7. The highest BCUT2D eigenvalue weighted by Crippen LogP contribution is 2.20. The maximum Gasteiger partial charge on any atom is 0.123 e. The Morgan fingerprint density at radius 2 is 1.90 bits per heavy atom. The molecule has 0 aliphatic carbocycles. The van der Waals surface area contributed by atoms with E-state index in [-0.39, 0.29) is 5.82 Å². The van der Waals surface area contributed by atoms with Gasteiger partial charge in [-0.15, -0.1) is 0 Å². The van der Waals surface area contributed by atoms with Crippen LogP contribution in [-0.4, -0.2) is 22.9 Å². The molecule has 1 aromatic heterocycles. The maximum atomic E-state index is 13.1. The molecule has 21 heavy (non-hydrogen) atoms. The molecule has 0 fully saturated rings. The Labute approximate surface area is 126 Å². The molecule has 4 heteroatoms. The van der Waals surface area contributed by atoms with E-state index in [4.69, 9.17) is 0 Å². The van der Waals surface area contributed by atoms with Crippen LogP contribution in [0.2, 0.25) is 0 Å². The van der Waals surface area contributed by atoms with E-state index in [0.717, 1.165) is 30.8 Å². The Hall–Kier alpha value is -1.68. The van der Waals surface area contributed by atoms with Crippen molar-refractivity contribution in [3.05, 3.63) is 53.6 Å². The number of nitrogens with zero attached hydrogens (tertiary/aromatic N) is 2. The third-order valence-corrected chi connectivity index (χ3v) is 3.63. The fourth-order valence-corrected chi connectivity index (χ4v) is 2.39. The van der Waals surface area contributed by atoms with E-state index in [1.165, 1.54) is 12.1 Å². The molecule has 0 saturated carbocycles. The van der Waals surface area contributed by atoms with E-state index in [9.17, 15) is 4.39 Å². The molecule has 1 atom stereocenters. The lowest BCUT2D eigenvalue weighted by Gasteiger charge is -2.17. The second-order valence-electron chi connectivity index (χ2n) is 5.64. The lowest BCUT2D eigenvalue weighted by atomic mass is 9.94. The summed E-state index contributed by atoms with van der Waals surface area (Å²) in [6.07, 6.45) is 2.88. The minimum Gasteiger partial charge on any atom is -0.316 e. The van der Waals surface area contributed by atoms with E-state index < -0.39 is 0 Å². The number of halogens is 1. The van der Waals surface area contributed by atoms with E-state index in [0.29, 0.717) is 12.0 Å². The van der Waals surface area contributed by atoms with Crippen molar-refractivity contribution in [3.8, 4) is 0 Å². The van der Waals surface area contributed by atoms with Crippen LogP contribution in [0.1, 0.15) is 44.0 Å². The van der Waals surface area contributed by atoms with Crippen molar-refractivity contribution in [2.75, 3.05) is 13.1 Å². The maximum absolute atomic E-state index is 13.1. The summed E-state index contributed by atoms with van der Waals surface area (Å²) in [6, 6.07) is 9.25. The van der Waals surface area contributed by atoms with Gasteiger partial charge in [-0.3, -0.25) is 4.68 Å². The van der Waals surface area contributed by atoms with Crippen molar-refractivity contribution < 1.29 is 4.39 Å². The van der Waals surface area contributed by atoms with Gasteiger partial charge in [-0.25, -0.2) is 4.39 Å². The lowest BCUT2D eigenvalue weighted by molar-refractivity contribution is 0.518. The van der Waals surface area contributed by atoms with Crippen molar-refractivity contribution in [3.63, 3.8) is 0 Å². The Morgan fingerprint density at radius 1 is 1.19 bits per heavy atom. The minimum atomic E-state index is -0.190. The first-order valence-corrected chi connectivity index (χ1v) is 7.60. The zero-order valence-electron chi connectivity index (χ0n) is 13.0. The smallest absolute Gasteiger partial charge is 0.123 e. The van der Waals surface area contributed by atoms with Gasteiger partial charge in [-0.05, 0) is 50.6 Å².